The van der Waals surface area contributed by atoms with Gasteiger partial charge in [-0.3, -0.25) is 4.72 Å². The fourth-order valence-electron chi connectivity index (χ4n) is 1.99. The fourth-order valence-corrected chi connectivity index (χ4v) is 3.11. The van der Waals surface area contributed by atoms with Gasteiger partial charge in [0.1, 0.15) is 11.6 Å². The third-order valence-electron chi connectivity index (χ3n) is 3.14. The zero-order valence-electron chi connectivity index (χ0n) is 13.2. The fraction of sp³-hybridized carbons (Fsp3) is 0.312. The van der Waals surface area contributed by atoms with Crippen LogP contribution in [0.1, 0.15) is 18.9 Å². The molecular formula is C16H21N3O3S. The highest BCUT2D eigenvalue weighted by Gasteiger charge is 2.08. The minimum Gasteiger partial charge on any atom is -0.497 e. The Labute approximate surface area is 137 Å². The number of ether oxygens (including phenoxy) is 1. The number of nitrogens with zero attached hydrogens (tertiary/aromatic N) is 1. The number of sulfonamides is 1. The minimum absolute atomic E-state index is 0.102. The number of rotatable bonds is 8. The first-order valence-corrected chi connectivity index (χ1v) is 9.01. The first kappa shape index (κ1) is 17.1. The van der Waals surface area contributed by atoms with Crippen LogP contribution in [0.4, 0.5) is 11.5 Å². The molecule has 6 nitrogen and oxygen atoms in total. The highest BCUT2D eigenvalue weighted by molar-refractivity contribution is 7.92. The molecule has 0 bridgehead atoms. The summed E-state index contributed by atoms with van der Waals surface area (Å²) in [6.45, 7) is 2.45. The quantitative estimate of drug-likeness (QED) is 0.775. The van der Waals surface area contributed by atoms with Gasteiger partial charge in [-0.15, -0.1) is 0 Å². The molecule has 0 amide bonds. The molecule has 1 aromatic carbocycles. The van der Waals surface area contributed by atoms with Crippen molar-refractivity contribution in [3.05, 3.63) is 48.2 Å². The summed E-state index contributed by atoms with van der Waals surface area (Å²) in [6.07, 6.45) is 2.08. The number of benzene rings is 1. The molecular weight excluding hydrogens is 314 g/mol. The largest absolute Gasteiger partial charge is 0.497 e. The predicted molar refractivity (Wildman–Crippen MR) is 92.3 cm³/mol. The Morgan fingerprint density at radius 1 is 1.13 bits per heavy atom. The molecule has 2 rings (SSSR count). The number of nitrogens with one attached hydrogen (secondary N) is 2. The molecule has 124 valence electrons. The maximum absolute atomic E-state index is 11.7. The smallest absolute Gasteiger partial charge is 0.232 e. The van der Waals surface area contributed by atoms with Gasteiger partial charge in [-0.2, -0.15) is 0 Å². The van der Waals surface area contributed by atoms with Crippen molar-refractivity contribution in [3.8, 4) is 5.75 Å². The summed E-state index contributed by atoms with van der Waals surface area (Å²) >= 11 is 0. The average molecular weight is 335 g/mol. The lowest BCUT2D eigenvalue weighted by Crippen LogP contribution is -2.16. The van der Waals surface area contributed by atoms with Crippen LogP contribution in [-0.4, -0.2) is 26.3 Å². The van der Waals surface area contributed by atoms with Crippen molar-refractivity contribution in [2.45, 2.75) is 19.9 Å². The number of hydrogen-bond acceptors (Lipinski definition) is 5. The second kappa shape index (κ2) is 7.82. The molecule has 0 aliphatic heterocycles. The van der Waals surface area contributed by atoms with Gasteiger partial charge in [0.25, 0.3) is 0 Å². The molecule has 0 saturated heterocycles. The minimum atomic E-state index is -3.28. The summed E-state index contributed by atoms with van der Waals surface area (Å²) in [5, 5.41) is 3.18. The lowest BCUT2D eigenvalue weighted by molar-refractivity contribution is 0.414. The average Bonchev–Trinajstić information content (AvgIpc) is 2.54. The number of methoxy groups -OCH3 is 1. The van der Waals surface area contributed by atoms with E-state index in [9.17, 15) is 8.42 Å². The number of pyridine rings is 1. The molecule has 7 heteroatoms. The van der Waals surface area contributed by atoms with Crippen molar-refractivity contribution >= 4 is 21.5 Å². The van der Waals surface area contributed by atoms with Gasteiger partial charge in [-0.1, -0.05) is 19.1 Å². The summed E-state index contributed by atoms with van der Waals surface area (Å²) in [7, 11) is -1.65. The Morgan fingerprint density at radius 3 is 2.43 bits per heavy atom. The summed E-state index contributed by atoms with van der Waals surface area (Å²) in [4.78, 5) is 4.21. The molecule has 0 radical (unpaired) electrons. The molecule has 0 fully saturated rings. The van der Waals surface area contributed by atoms with Crippen LogP contribution in [0.15, 0.2) is 42.6 Å². The number of aromatic nitrogens is 1. The van der Waals surface area contributed by atoms with Gasteiger partial charge in [0.05, 0.1) is 24.7 Å². The van der Waals surface area contributed by atoms with E-state index < -0.39 is 10.0 Å². The maximum Gasteiger partial charge on any atom is 0.232 e. The van der Waals surface area contributed by atoms with Crippen LogP contribution >= 0.6 is 0 Å². The van der Waals surface area contributed by atoms with E-state index in [0.29, 0.717) is 24.5 Å². The Morgan fingerprint density at radius 2 is 1.87 bits per heavy atom. The first-order valence-electron chi connectivity index (χ1n) is 7.36. The molecule has 1 heterocycles. The molecule has 2 aromatic rings. The number of anilines is 2. The van der Waals surface area contributed by atoms with Crippen LogP contribution in [0.3, 0.4) is 0 Å². The lowest BCUT2D eigenvalue weighted by atomic mass is 10.2. The second-order valence-electron chi connectivity index (χ2n) is 5.05. The summed E-state index contributed by atoms with van der Waals surface area (Å²) < 4.78 is 31.0. The van der Waals surface area contributed by atoms with Crippen LogP contribution in [0, 0.1) is 0 Å². The second-order valence-corrected chi connectivity index (χ2v) is 6.90. The van der Waals surface area contributed by atoms with Crippen LogP contribution in [0.5, 0.6) is 5.75 Å². The predicted octanol–water partition coefficient (Wildman–Crippen LogP) is 2.85. The van der Waals surface area contributed by atoms with E-state index in [2.05, 4.69) is 15.0 Å². The highest BCUT2D eigenvalue weighted by atomic mass is 32.2. The zero-order chi connectivity index (χ0) is 16.7. The third kappa shape index (κ3) is 5.45. The van der Waals surface area contributed by atoms with Gasteiger partial charge < -0.3 is 10.1 Å². The van der Waals surface area contributed by atoms with Crippen LogP contribution < -0.4 is 14.8 Å². The molecule has 0 unspecified atom stereocenters. The monoisotopic (exact) mass is 335 g/mol. The molecule has 0 aliphatic carbocycles. The third-order valence-corrected chi connectivity index (χ3v) is 4.63. The van der Waals surface area contributed by atoms with Crippen molar-refractivity contribution in [1.29, 1.82) is 0 Å². The van der Waals surface area contributed by atoms with E-state index in [0.717, 1.165) is 11.3 Å². The molecule has 2 N–H and O–H groups in total. The summed E-state index contributed by atoms with van der Waals surface area (Å²) in [6, 6.07) is 11.2. The van der Waals surface area contributed by atoms with E-state index in [1.807, 2.05) is 31.2 Å². The van der Waals surface area contributed by atoms with Gasteiger partial charge in [-0.05, 0) is 36.2 Å². The van der Waals surface area contributed by atoms with Gasteiger partial charge in [0.2, 0.25) is 10.0 Å². The lowest BCUT2D eigenvalue weighted by Gasteiger charge is -2.09. The Hall–Kier alpha value is -2.28. The van der Waals surface area contributed by atoms with Crippen LogP contribution in [0.2, 0.25) is 0 Å². The van der Waals surface area contributed by atoms with E-state index in [1.54, 1.807) is 19.2 Å². The SMILES string of the molecule is CCCS(=O)(=O)Nc1ccc(NCc2ccc(OC)cc2)nc1. The van der Waals surface area contributed by atoms with Gasteiger partial charge in [-0.25, -0.2) is 13.4 Å². The number of hydrogen-bond donors (Lipinski definition) is 2. The van der Waals surface area contributed by atoms with Crippen LogP contribution in [0.25, 0.3) is 0 Å². The molecule has 1 aromatic heterocycles. The summed E-state index contributed by atoms with van der Waals surface area (Å²) in [5.74, 6) is 1.60. The molecule has 0 saturated carbocycles. The van der Waals surface area contributed by atoms with E-state index >= 15 is 0 Å². The van der Waals surface area contributed by atoms with Crippen molar-refractivity contribution in [2.24, 2.45) is 0 Å². The van der Waals surface area contributed by atoms with Crippen molar-refractivity contribution in [3.63, 3.8) is 0 Å². The topological polar surface area (TPSA) is 80.3 Å². The van der Waals surface area contributed by atoms with Gasteiger partial charge >= 0.3 is 0 Å². The molecule has 0 atom stereocenters. The standard InChI is InChI=1S/C16H21N3O3S/c1-3-10-23(20,21)19-14-6-9-16(18-12-14)17-11-13-4-7-15(22-2)8-5-13/h4-9,12,19H,3,10-11H2,1-2H3,(H,17,18). The Bertz CT molecular complexity index is 713. The van der Waals surface area contributed by atoms with E-state index in [1.165, 1.54) is 6.20 Å². The molecule has 23 heavy (non-hydrogen) atoms. The highest BCUT2D eigenvalue weighted by Crippen LogP contribution is 2.14. The van der Waals surface area contributed by atoms with E-state index in [4.69, 9.17) is 4.74 Å². The summed E-state index contributed by atoms with van der Waals surface area (Å²) in [5.41, 5.74) is 1.56. The molecule has 0 spiro atoms. The Kier molecular flexibility index (Phi) is 5.81. The Balaban J connectivity index is 1.91. The van der Waals surface area contributed by atoms with Crippen molar-refractivity contribution in [2.75, 3.05) is 22.9 Å². The first-order chi connectivity index (χ1) is 11.0. The van der Waals surface area contributed by atoms with Gasteiger partial charge in [0, 0.05) is 6.54 Å². The normalized spacial score (nSPS) is 11.0. The van der Waals surface area contributed by atoms with Crippen molar-refractivity contribution < 1.29 is 13.2 Å². The van der Waals surface area contributed by atoms with Crippen LogP contribution in [-0.2, 0) is 16.6 Å². The van der Waals surface area contributed by atoms with Crippen molar-refractivity contribution in [1.82, 2.24) is 4.98 Å². The van der Waals surface area contributed by atoms with E-state index in [-0.39, 0.29) is 5.75 Å². The molecule has 0 aliphatic rings. The van der Waals surface area contributed by atoms with Gasteiger partial charge in [0.15, 0.2) is 0 Å². The zero-order valence-corrected chi connectivity index (χ0v) is 14.1. The maximum atomic E-state index is 11.7.